The summed E-state index contributed by atoms with van der Waals surface area (Å²) in [5.41, 5.74) is 1.19. The molecule has 0 fully saturated rings. The highest BCUT2D eigenvalue weighted by Gasteiger charge is 2.46. The summed E-state index contributed by atoms with van der Waals surface area (Å²) in [4.78, 5) is 12.0. The minimum atomic E-state index is -2.15. The maximum absolute atomic E-state index is 12.0. The molecule has 4 heteroatoms. The van der Waals surface area contributed by atoms with Gasteiger partial charge in [0.2, 0.25) is 0 Å². The van der Waals surface area contributed by atoms with Crippen molar-refractivity contribution >= 4 is 45.1 Å². The van der Waals surface area contributed by atoms with E-state index in [4.69, 9.17) is 0 Å². The predicted octanol–water partition coefficient (Wildman–Crippen LogP) is 5.64. The third-order valence-corrected chi connectivity index (χ3v) is 10.1. The van der Waals surface area contributed by atoms with E-state index in [0.29, 0.717) is 11.7 Å². The monoisotopic (exact) mass is 475 g/mol. The molecule has 1 N–H and O–H groups in total. The molecule has 0 aliphatic carbocycles. The molecule has 0 aliphatic rings. The van der Waals surface area contributed by atoms with Crippen LogP contribution in [0, 0.1) is 0 Å². The van der Waals surface area contributed by atoms with Crippen molar-refractivity contribution in [1.82, 2.24) is 0 Å². The fourth-order valence-corrected chi connectivity index (χ4v) is 8.59. The Labute approximate surface area is 185 Å². The van der Waals surface area contributed by atoms with Crippen molar-refractivity contribution < 1.29 is 9.90 Å². The van der Waals surface area contributed by atoms with Gasteiger partial charge in [0, 0.05) is 10.0 Å². The lowest BCUT2D eigenvalue weighted by atomic mass is 10.1. The predicted molar refractivity (Wildman–Crippen MR) is 130 cm³/mol. The van der Waals surface area contributed by atoms with Crippen molar-refractivity contribution in [2.75, 3.05) is 0 Å². The van der Waals surface area contributed by atoms with Crippen LogP contribution < -0.4 is 15.9 Å². The van der Waals surface area contributed by atoms with Gasteiger partial charge in [0.15, 0.2) is 0 Å². The molecule has 0 saturated carbocycles. The average Bonchev–Trinajstić information content (AvgIpc) is 2.79. The number of hydrogen-bond donors (Lipinski definition) is 1. The van der Waals surface area contributed by atoms with Gasteiger partial charge in [-0.1, -0.05) is 70.5 Å². The summed E-state index contributed by atoms with van der Waals surface area (Å²) >= 11 is 3.54. The first-order valence-electron chi connectivity index (χ1n) is 9.68. The maximum atomic E-state index is 12.0. The van der Waals surface area contributed by atoms with Gasteiger partial charge in [0.1, 0.15) is 23.2 Å². The molecule has 0 heterocycles. The molecule has 0 atom stereocenters. The standard InChI is InChI=1S/C26H20BrO2P/c27-21-16-17-25(26(28)29)20(18-21)19-30(22-10-4-1-5-11-22,23-12-6-2-7-13-23)24-14-8-3-9-15-24/h1-18H,19H2/p+1. The molecular formula is C26H21BrO2P+. The van der Waals surface area contributed by atoms with Crippen LogP contribution in [-0.4, -0.2) is 11.1 Å². The molecule has 4 aromatic rings. The number of carboxylic acids is 1. The zero-order valence-electron chi connectivity index (χ0n) is 16.3. The van der Waals surface area contributed by atoms with Gasteiger partial charge in [-0.2, -0.15) is 0 Å². The van der Waals surface area contributed by atoms with Crippen LogP contribution in [-0.2, 0) is 6.16 Å². The van der Waals surface area contributed by atoms with Crippen molar-refractivity contribution in [3.63, 3.8) is 0 Å². The lowest BCUT2D eigenvalue weighted by molar-refractivity contribution is 0.0696. The van der Waals surface area contributed by atoms with E-state index in [1.165, 1.54) is 15.9 Å². The van der Waals surface area contributed by atoms with Crippen molar-refractivity contribution in [3.8, 4) is 0 Å². The Morgan fingerprint density at radius 3 is 1.53 bits per heavy atom. The van der Waals surface area contributed by atoms with Crippen molar-refractivity contribution in [2.24, 2.45) is 0 Å². The number of rotatable bonds is 6. The van der Waals surface area contributed by atoms with E-state index in [2.05, 4.69) is 88.7 Å². The number of aromatic carboxylic acids is 1. The lowest BCUT2D eigenvalue weighted by Crippen LogP contribution is -2.32. The summed E-state index contributed by atoms with van der Waals surface area (Å²) in [5.74, 6) is -0.898. The van der Waals surface area contributed by atoms with E-state index < -0.39 is 13.2 Å². The maximum Gasteiger partial charge on any atom is 0.336 e. The van der Waals surface area contributed by atoms with Crippen LogP contribution in [0.2, 0.25) is 0 Å². The Morgan fingerprint density at radius 2 is 1.13 bits per heavy atom. The highest BCUT2D eigenvalue weighted by molar-refractivity contribution is 9.10. The van der Waals surface area contributed by atoms with Gasteiger partial charge in [0.05, 0.1) is 11.7 Å². The number of halogens is 1. The molecular weight excluding hydrogens is 455 g/mol. The largest absolute Gasteiger partial charge is 0.478 e. The summed E-state index contributed by atoms with van der Waals surface area (Å²) in [6.45, 7) is 0. The van der Waals surface area contributed by atoms with Crippen molar-refractivity contribution in [3.05, 3.63) is 125 Å². The molecule has 30 heavy (non-hydrogen) atoms. The van der Waals surface area contributed by atoms with Crippen LogP contribution in [0.5, 0.6) is 0 Å². The Balaban J connectivity index is 2.04. The second kappa shape index (κ2) is 8.95. The molecule has 0 aliphatic heterocycles. The third-order valence-electron chi connectivity index (χ3n) is 5.30. The Morgan fingerprint density at radius 1 is 0.700 bits per heavy atom. The van der Waals surface area contributed by atoms with Gasteiger partial charge < -0.3 is 5.11 Å². The Hall–Kier alpha value is -2.74. The lowest BCUT2D eigenvalue weighted by Gasteiger charge is -2.28. The molecule has 0 bridgehead atoms. The second-order valence-electron chi connectivity index (χ2n) is 7.08. The summed E-state index contributed by atoms with van der Waals surface area (Å²) in [6, 6.07) is 36.9. The molecule has 0 radical (unpaired) electrons. The van der Waals surface area contributed by atoms with Crippen LogP contribution >= 0.6 is 23.2 Å². The highest BCUT2D eigenvalue weighted by atomic mass is 79.9. The molecule has 2 nitrogen and oxygen atoms in total. The van der Waals surface area contributed by atoms with E-state index in [-0.39, 0.29) is 0 Å². The number of hydrogen-bond acceptors (Lipinski definition) is 1. The first kappa shape index (κ1) is 20.5. The molecule has 148 valence electrons. The van der Waals surface area contributed by atoms with Gasteiger partial charge in [-0.3, -0.25) is 0 Å². The first-order chi connectivity index (χ1) is 14.6. The minimum Gasteiger partial charge on any atom is -0.478 e. The smallest absolute Gasteiger partial charge is 0.336 e. The van der Waals surface area contributed by atoms with Crippen LogP contribution in [0.1, 0.15) is 15.9 Å². The van der Waals surface area contributed by atoms with Crippen LogP contribution in [0.25, 0.3) is 0 Å². The quantitative estimate of drug-likeness (QED) is 0.366. The van der Waals surface area contributed by atoms with E-state index in [1.54, 1.807) is 12.1 Å². The topological polar surface area (TPSA) is 37.3 Å². The van der Waals surface area contributed by atoms with Crippen LogP contribution in [0.15, 0.2) is 114 Å². The fraction of sp³-hybridized carbons (Fsp3) is 0.0385. The first-order valence-corrected chi connectivity index (χ1v) is 12.4. The summed E-state index contributed by atoms with van der Waals surface area (Å²) in [7, 11) is -2.15. The number of carboxylic acid groups (broad SMARTS) is 1. The zero-order chi connectivity index (χ0) is 21.0. The zero-order valence-corrected chi connectivity index (χ0v) is 18.8. The van der Waals surface area contributed by atoms with Gasteiger partial charge in [-0.05, 0) is 54.6 Å². The highest BCUT2D eigenvalue weighted by Crippen LogP contribution is 2.58. The van der Waals surface area contributed by atoms with Gasteiger partial charge in [-0.15, -0.1) is 0 Å². The molecule has 0 saturated heterocycles. The number of benzene rings is 4. The third kappa shape index (κ3) is 3.96. The molecule has 0 unspecified atom stereocenters. The molecule has 4 aromatic carbocycles. The van der Waals surface area contributed by atoms with Crippen LogP contribution in [0.4, 0.5) is 0 Å². The normalized spacial score (nSPS) is 11.2. The SMILES string of the molecule is O=C(O)c1ccc(Br)cc1C[P+](c1ccccc1)(c1ccccc1)c1ccccc1. The van der Waals surface area contributed by atoms with E-state index in [9.17, 15) is 9.90 Å². The average molecular weight is 476 g/mol. The fourth-order valence-electron chi connectivity index (χ4n) is 3.93. The minimum absolute atomic E-state index is 0.352. The van der Waals surface area contributed by atoms with Gasteiger partial charge >= 0.3 is 5.97 Å². The Bertz CT molecular complexity index is 1050. The van der Waals surface area contributed by atoms with Gasteiger partial charge in [-0.25, -0.2) is 4.79 Å². The molecule has 0 amide bonds. The van der Waals surface area contributed by atoms with Crippen LogP contribution in [0.3, 0.4) is 0 Å². The van der Waals surface area contributed by atoms with Crippen molar-refractivity contribution in [2.45, 2.75) is 6.16 Å². The summed E-state index contributed by atoms with van der Waals surface area (Å²) in [5, 5.41) is 13.6. The van der Waals surface area contributed by atoms with E-state index in [1.807, 2.05) is 24.3 Å². The Kier molecular flexibility index (Phi) is 6.13. The van der Waals surface area contributed by atoms with E-state index in [0.717, 1.165) is 10.0 Å². The molecule has 4 rings (SSSR count). The van der Waals surface area contributed by atoms with Gasteiger partial charge in [0.25, 0.3) is 0 Å². The van der Waals surface area contributed by atoms with Crippen molar-refractivity contribution in [1.29, 1.82) is 0 Å². The second-order valence-corrected chi connectivity index (χ2v) is 11.5. The summed E-state index contributed by atoms with van der Waals surface area (Å²) < 4.78 is 0.884. The summed E-state index contributed by atoms with van der Waals surface area (Å²) in [6.07, 6.45) is 0.631. The number of carbonyl (C=O) groups is 1. The van der Waals surface area contributed by atoms with E-state index >= 15 is 0 Å². The molecule has 0 aromatic heterocycles. The molecule has 0 spiro atoms.